The van der Waals surface area contributed by atoms with Gasteiger partial charge in [0.05, 0.1) is 11.1 Å². The molecule has 1 N–H and O–H groups in total. The predicted molar refractivity (Wildman–Crippen MR) is 74.0 cm³/mol. The Morgan fingerprint density at radius 1 is 1.15 bits per heavy atom. The van der Waals surface area contributed by atoms with Crippen LogP contribution in [-0.2, 0) is 0 Å². The van der Waals surface area contributed by atoms with Gasteiger partial charge in [0.15, 0.2) is 5.72 Å². The van der Waals surface area contributed by atoms with E-state index in [2.05, 4.69) is 0 Å². The highest BCUT2D eigenvalue weighted by atomic mass is 16.3. The number of hydrogen-bond donors (Lipinski definition) is 1. The van der Waals surface area contributed by atoms with Crippen LogP contribution in [0, 0.1) is 5.92 Å². The Bertz CT molecular complexity index is 612. The van der Waals surface area contributed by atoms with E-state index in [9.17, 15) is 14.7 Å². The van der Waals surface area contributed by atoms with Crippen LogP contribution in [-0.4, -0.2) is 27.5 Å². The first-order valence-electron chi connectivity index (χ1n) is 6.66. The summed E-state index contributed by atoms with van der Waals surface area (Å²) in [6, 6.07) is 6.65. The van der Waals surface area contributed by atoms with Crippen molar-refractivity contribution >= 4 is 11.8 Å². The standard InChI is InChI=1S/C16H15NO3/c1-2-11-7-5-6-10-16(11,20)17-14(18)12-8-3-4-9-13(12)15(17)19/h3-11,20H,2H2,1H3. The van der Waals surface area contributed by atoms with Gasteiger partial charge >= 0.3 is 0 Å². The lowest BCUT2D eigenvalue weighted by Crippen LogP contribution is -2.55. The molecule has 1 aliphatic heterocycles. The summed E-state index contributed by atoms with van der Waals surface area (Å²) in [5.74, 6) is -1.17. The van der Waals surface area contributed by atoms with E-state index in [4.69, 9.17) is 0 Å². The van der Waals surface area contributed by atoms with E-state index < -0.39 is 17.5 Å². The van der Waals surface area contributed by atoms with Crippen LogP contribution in [0.5, 0.6) is 0 Å². The molecule has 102 valence electrons. The van der Waals surface area contributed by atoms with Gasteiger partial charge in [0.1, 0.15) is 0 Å². The van der Waals surface area contributed by atoms with E-state index in [0.29, 0.717) is 17.5 Å². The van der Waals surface area contributed by atoms with Gasteiger partial charge in [-0.3, -0.25) is 9.59 Å². The Labute approximate surface area is 117 Å². The van der Waals surface area contributed by atoms with Crippen LogP contribution < -0.4 is 0 Å². The first-order valence-corrected chi connectivity index (χ1v) is 6.66. The molecule has 2 unspecified atom stereocenters. The molecule has 2 aliphatic rings. The normalized spacial score (nSPS) is 28.1. The summed E-state index contributed by atoms with van der Waals surface area (Å²) >= 11 is 0. The average Bonchev–Trinajstić information content (AvgIpc) is 2.72. The molecule has 4 heteroatoms. The molecule has 0 saturated heterocycles. The SMILES string of the molecule is CCC1C=CC=CC1(O)N1C(=O)c2ccccc2C1=O. The highest BCUT2D eigenvalue weighted by molar-refractivity contribution is 6.21. The third-order valence-corrected chi connectivity index (χ3v) is 3.93. The van der Waals surface area contributed by atoms with Crippen LogP contribution in [0.2, 0.25) is 0 Å². The van der Waals surface area contributed by atoms with Crippen LogP contribution >= 0.6 is 0 Å². The van der Waals surface area contributed by atoms with E-state index >= 15 is 0 Å². The molecule has 0 saturated carbocycles. The van der Waals surface area contributed by atoms with Crippen molar-refractivity contribution in [3.63, 3.8) is 0 Å². The molecule has 0 radical (unpaired) electrons. The molecule has 3 rings (SSSR count). The Morgan fingerprint density at radius 2 is 1.75 bits per heavy atom. The molecule has 0 bridgehead atoms. The molecule has 2 amide bonds. The smallest absolute Gasteiger partial charge is 0.264 e. The molecule has 1 heterocycles. The zero-order valence-electron chi connectivity index (χ0n) is 11.1. The van der Waals surface area contributed by atoms with Crippen LogP contribution in [0.3, 0.4) is 0 Å². The second-order valence-electron chi connectivity index (χ2n) is 5.03. The van der Waals surface area contributed by atoms with E-state index in [1.165, 1.54) is 6.08 Å². The third kappa shape index (κ3) is 1.58. The van der Waals surface area contributed by atoms with Gasteiger partial charge in [-0.05, 0) is 24.6 Å². The molecule has 4 nitrogen and oxygen atoms in total. The molecule has 1 aromatic rings. The number of hydrogen-bond acceptors (Lipinski definition) is 3. The molecular weight excluding hydrogens is 254 g/mol. The van der Waals surface area contributed by atoms with Crippen molar-refractivity contribution in [3.05, 3.63) is 59.7 Å². The molecule has 0 aromatic heterocycles. The third-order valence-electron chi connectivity index (χ3n) is 3.93. The maximum absolute atomic E-state index is 12.5. The van der Waals surface area contributed by atoms with Crippen molar-refractivity contribution in [2.75, 3.05) is 0 Å². The first kappa shape index (κ1) is 12.8. The highest BCUT2D eigenvalue weighted by Crippen LogP contribution is 2.36. The summed E-state index contributed by atoms with van der Waals surface area (Å²) in [4.78, 5) is 25.9. The zero-order chi connectivity index (χ0) is 14.3. The minimum absolute atomic E-state index is 0.297. The lowest BCUT2D eigenvalue weighted by atomic mass is 9.87. The average molecular weight is 269 g/mol. The van der Waals surface area contributed by atoms with E-state index in [1.54, 1.807) is 30.3 Å². The second kappa shape index (κ2) is 4.42. The molecule has 1 aliphatic carbocycles. The van der Waals surface area contributed by atoms with Crippen molar-refractivity contribution < 1.29 is 14.7 Å². The maximum Gasteiger partial charge on any atom is 0.264 e. The Hall–Kier alpha value is -2.20. The fraction of sp³-hybridized carbons (Fsp3) is 0.250. The van der Waals surface area contributed by atoms with Gasteiger partial charge < -0.3 is 5.11 Å². The van der Waals surface area contributed by atoms with Crippen molar-refractivity contribution in [3.8, 4) is 0 Å². The predicted octanol–water partition coefficient (Wildman–Crippen LogP) is 2.12. The highest BCUT2D eigenvalue weighted by Gasteiger charge is 2.50. The van der Waals surface area contributed by atoms with Crippen molar-refractivity contribution in [2.24, 2.45) is 5.92 Å². The van der Waals surface area contributed by atoms with Crippen LogP contribution in [0.15, 0.2) is 48.6 Å². The quantitative estimate of drug-likeness (QED) is 0.837. The molecule has 0 spiro atoms. The van der Waals surface area contributed by atoms with Crippen molar-refractivity contribution in [1.29, 1.82) is 0 Å². The Balaban J connectivity index is 2.09. The molecule has 0 fully saturated rings. The Morgan fingerprint density at radius 3 is 2.30 bits per heavy atom. The number of carbonyl (C=O) groups is 2. The van der Waals surface area contributed by atoms with Gasteiger partial charge in [0.25, 0.3) is 11.8 Å². The van der Waals surface area contributed by atoms with Gasteiger partial charge in [-0.15, -0.1) is 0 Å². The summed E-state index contributed by atoms with van der Waals surface area (Å²) in [6.45, 7) is 1.91. The summed E-state index contributed by atoms with van der Waals surface area (Å²) < 4.78 is 0. The number of benzene rings is 1. The van der Waals surface area contributed by atoms with Crippen LogP contribution in [0.25, 0.3) is 0 Å². The summed E-state index contributed by atoms with van der Waals surface area (Å²) in [7, 11) is 0. The van der Waals surface area contributed by atoms with E-state index in [0.717, 1.165) is 4.90 Å². The minimum Gasteiger partial charge on any atom is -0.366 e. The van der Waals surface area contributed by atoms with Gasteiger partial charge in [-0.2, -0.15) is 0 Å². The summed E-state index contributed by atoms with van der Waals surface area (Å²) in [6.07, 6.45) is 7.45. The number of fused-ring (bicyclic) bond motifs is 1. The zero-order valence-corrected chi connectivity index (χ0v) is 11.1. The van der Waals surface area contributed by atoms with Crippen LogP contribution in [0.1, 0.15) is 34.1 Å². The summed E-state index contributed by atoms with van der Waals surface area (Å²) in [5, 5.41) is 10.9. The summed E-state index contributed by atoms with van der Waals surface area (Å²) in [5.41, 5.74) is -0.885. The number of rotatable bonds is 2. The van der Waals surface area contributed by atoms with Gasteiger partial charge in [-0.1, -0.05) is 37.3 Å². The molecular formula is C16H15NO3. The number of allylic oxidation sites excluding steroid dienone is 2. The van der Waals surface area contributed by atoms with Gasteiger partial charge in [0, 0.05) is 5.92 Å². The maximum atomic E-state index is 12.5. The number of imide groups is 1. The first-order chi connectivity index (χ1) is 9.59. The minimum atomic E-state index is -1.59. The lowest BCUT2D eigenvalue weighted by Gasteiger charge is -2.39. The monoisotopic (exact) mass is 269 g/mol. The molecule has 20 heavy (non-hydrogen) atoms. The fourth-order valence-electron chi connectivity index (χ4n) is 2.85. The number of aliphatic hydroxyl groups is 1. The lowest BCUT2D eigenvalue weighted by molar-refractivity contribution is -0.0616. The molecule has 1 aromatic carbocycles. The number of carbonyl (C=O) groups excluding carboxylic acids is 2. The number of nitrogens with zero attached hydrogens (tertiary/aromatic N) is 1. The number of amides is 2. The molecule has 2 atom stereocenters. The van der Waals surface area contributed by atoms with Crippen molar-refractivity contribution in [1.82, 2.24) is 4.90 Å². The largest absolute Gasteiger partial charge is 0.366 e. The van der Waals surface area contributed by atoms with Gasteiger partial charge in [0.2, 0.25) is 0 Å². The Kier molecular flexibility index (Phi) is 2.83. The topological polar surface area (TPSA) is 57.6 Å². The fourth-order valence-corrected chi connectivity index (χ4v) is 2.85. The van der Waals surface area contributed by atoms with E-state index in [1.807, 2.05) is 19.1 Å². The van der Waals surface area contributed by atoms with Crippen molar-refractivity contribution in [2.45, 2.75) is 19.1 Å². The second-order valence-corrected chi connectivity index (χ2v) is 5.03. The van der Waals surface area contributed by atoms with Gasteiger partial charge in [-0.25, -0.2) is 4.90 Å². The van der Waals surface area contributed by atoms with E-state index in [-0.39, 0.29) is 5.92 Å². The van der Waals surface area contributed by atoms with Crippen LogP contribution in [0.4, 0.5) is 0 Å².